The van der Waals surface area contributed by atoms with E-state index in [0.717, 1.165) is 37.8 Å². The van der Waals surface area contributed by atoms with Gasteiger partial charge in [-0.05, 0) is 43.9 Å². The molecule has 2 unspecified atom stereocenters. The number of rotatable bonds is 3. The Labute approximate surface area is 100.0 Å². The normalized spacial score (nSPS) is 24.6. The monoisotopic (exact) mass is 241 g/mol. The van der Waals surface area contributed by atoms with Crippen LogP contribution in [0, 0.1) is 11.6 Å². The Kier molecular flexibility index (Phi) is 3.94. The standard InChI is InChI=1S/C13H17F2NO/c1-17-11-4-2-3-10(8-11)16-13-7-9(14)5-6-12(13)15/h5-7,10-11,16H,2-4,8H2,1H3. The zero-order valence-corrected chi connectivity index (χ0v) is 9.88. The summed E-state index contributed by atoms with van der Waals surface area (Å²) in [5.74, 6) is -0.834. The minimum atomic E-state index is -0.423. The van der Waals surface area contributed by atoms with E-state index in [1.54, 1.807) is 7.11 Å². The summed E-state index contributed by atoms with van der Waals surface area (Å²) in [5.41, 5.74) is 0.242. The van der Waals surface area contributed by atoms with Gasteiger partial charge in [0.15, 0.2) is 0 Å². The number of nitrogens with one attached hydrogen (secondary N) is 1. The third-order valence-corrected chi connectivity index (χ3v) is 3.25. The van der Waals surface area contributed by atoms with Gasteiger partial charge in [-0.3, -0.25) is 0 Å². The fourth-order valence-electron chi connectivity index (χ4n) is 2.32. The fourth-order valence-corrected chi connectivity index (χ4v) is 2.32. The van der Waals surface area contributed by atoms with E-state index in [-0.39, 0.29) is 17.8 Å². The van der Waals surface area contributed by atoms with Crippen molar-refractivity contribution in [2.75, 3.05) is 12.4 Å². The zero-order valence-electron chi connectivity index (χ0n) is 9.88. The van der Waals surface area contributed by atoms with Crippen LogP contribution in [0.15, 0.2) is 18.2 Å². The Morgan fingerprint density at radius 2 is 2.12 bits per heavy atom. The Morgan fingerprint density at radius 1 is 1.29 bits per heavy atom. The van der Waals surface area contributed by atoms with Crippen molar-refractivity contribution in [3.8, 4) is 0 Å². The fraction of sp³-hybridized carbons (Fsp3) is 0.538. The maximum Gasteiger partial charge on any atom is 0.146 e. The molecule has 0 spiro atoms. The molecular formula is C13H17F2NO. The molecule has 1 aliphatic carbocycles. The molecule has 94 valence electrons. The molecule has 2 rings (SSSR count). The molecule has 1 aromatic carbocycles. The van der Waals surface area contributed by atoms with Crippen LogP contribution in [-0.2, 0) is 4.74 Å². The maximum absolute atomic E-state index is 13.4. The predicted octanol–water partition coefficient (Wildman–Crippen LogP) is 3.33. The van der Waals surface area contributed by atoms with Gasteiger partial charge in [0.1, 0.15) is 11.6 Å². The highest BCUT2D eigenvalue weighted by atomic mass is 19.1. The second-order valence-corrected chi connectivity index (χ2v) is 4.49. The topological polar surface area (TPSA) is 21.3 Å². The van der Waals surface area contributed by atoms with Crippen LogP contribution in [-0.4, -0.2) is 19.3 Å². The van der Waals surface area contributed by atoms with Crippen molar-refractivity contribution >= 4 is 5.69 Å². The van der Waals surface area contributed by atoms with Gasteiger partial charge in [0.25, 0.3) is 0 Å². The summed E-state index contributed by atoms with van der Waals surface area (Å²) in [6.07, 6.45) is 4.12. The molecule has 0 radical (unpaired) electrons. The highest BCUT2D eigenvalue weighted by Gasteiger charge is 2.22. The van der Waals surface area contributed by atoms with Gasteiger partial charge in [-0.25, -0.2) is 8.78 Å². The van der Waals surface area contributed by atoms with Crippen LogP contribution < -0.4 is 5.32 Å². The van der Waals surface area contributed by atoms with Gasteiger partial charge in [0, 0.05) is 13.2 Å². The van der Waals surface area contributed by atoms with E-state index in [1.807, 2.05) is 0 Å². The molecular weight excluding hydrogens is 224 g/mol. The molecule has 1 aromatic rings. The quantitative estimate of drug-likeness (QED) is 0.876. The lowest BCUT2D eigenvalue weighted by atomic mass is 9.92. The van der Waals surface area contributed by atoms with E-state index in [0.29, 0.717) is 0 Å². The van der Waals surface area contributed by atoms with Crippen LogP contribution in [0.25, 0.3) is 0 Å². The SMILES string of the molecule is COC1CCCC(Nc2cc(F)ccc2F)C1. The Bertz CT molecular complexity index is 384. The molecule has 2 atom stereocenters. The lowest BCUT2D eigenvalue weighted by Crippen LogP contribution is -2.31. The molecule has 0 amide bonds. The molecule has 17 heavy (non-hydrogen) atoms. The van der Waals surface area contributed by atoms with E-state index in [4.69, 9.17) is 4.74 Å². The van der Waals surface area contributed by atoms with Crippen LogP contribution in [0.4, 0.5) is 14.5 Å². The van der Waals surface area contributed by atoms with Gasteiger partial charge < -0.3 is 10.1 Å². The molecule has 0 aliphatic heterocycles. The average Bonchev–Trinajstić information content (AvgIpc) is 2.34. The summed E-state index contributed by atoms with van der Waals surface area (Å²) in [4.78, 5) is 0. The first-order valence-corrected chi connectivity index (χ1v) is 5.93. The minimum absolute atomic E-state index is 0.157. The summed E-state index contributed by atoms with van der Waals surface area (Å²) < 4.78 is 31.8. The Morgan fingerprint density at radius 3 is 2.88 bits per heavy atom. The molecule has 4 heteroatoms. The number of methoxy groups -OCH3 is 1. The van der Waals surface area contributed by atoms with Crippen molar-refractivity contribution in [2.45, 2.75) is 37.8 Å². The number of hydrogen-bond donors (Lipinski definition) is 1. The lowest BCUT2D eigenvalue weighted by molar-refractivity contribution is 0.0669. The largest absolute Gasteiger partial charge is 0.381 e. The second-order valence-electron chi connectivity index (χ2n) is 4.49. The van der Waals surface area contributed by atoms with E-state index < -0.39 is 11.6 Å². The average molecular weight is 241 g/mol. The maximum atomic E-state index is 13.4. The van der Waals surface area contributed by atoms with Crippen LogP contribution in [0.5, 0.6) is 0 Å². The van der Waals surface area contributed by atoms with Crippen LogP contribution in [0.1, 0.15) is 25.7 Å². The minimum Gasteiger partial charge on any atom is -0.381 e. The van der Waals surface area contributed by atoms with Crippen molar-refractivity contribution in [2.24, 2.45) is 0 Å². The second kappa shape index (κ2) is 5.45. The molecule has 0 heterocycles. The number of hydrogen-bond acceptors (Lipinski definition) is 2. The molecule has 0 saturated heterocycles. The van der Waals surface area contributed by atoms with Crippen LogP contribution in [0.3, 0.4) is 0 Å². The lowest BCUT2D eigenvalue weighted by Gasteiger charge is -2.29. The van der Waals surface area contributed by atoms with Gasteiger partial charge in [0.05, 0.1) is 11.8 Å². The first-order valence-electron chi connectivity index (χ1n) is 5.93. The van der Waals surface area contributed by atoms with Crippen molar-refractivity contribution in [3.05, 3.63) is 29.8 Å². The van der Waals surface area contributed by atoms with E-state index in [2.05, 4.69) is 5.32 Å². The van der Waals surface area contributed by atoms with E-state index >= 15 is 0 Å². The van der Waals surface area contributed by atoms with E-state index in [1.165, 1.54) is 6.07 Å². The molecule has 0 bridgehead atoms. The first-order chi connectivity index (χ1) is 8.19. The van der Waals surface area contributed by atoms with Gasteiger partial charge >= 0.3 is 0 Å². The molecule has 1 fully saturated rings. The number of halogens is 2. The van der Waals surface area contributed by atoms with Crippen LogP contribution in [0.2, 0.25) is 0 Å². The van der Waals surface area contributed by atoms with Gasteiger partial charge in [-0.1, -0.05) is 0 Å². The van der Waals surface area contributed by atoms with Crippen LogP contribution >= 0.6 is 0 Å². The van der Waals surface area contributed by atoms with Crippen molar-refractivity contribution in [1.29, 1.82) is 0 Å². The zero-order chi connectivity index (χ0) is 12.3. The third-order valence-electron chi connectivity index (χ3n) is 3.25. The number of anilines is 1. The van der Waals surface area contributed by atoms with E-state index in [9.17, 15) is 8.78 Å². The molecule has 1 saturated carbocycles. The van der Waals surface area contributed by atoms with Crippen molar-refractivity contribution in [3.63, 3.8) is 0 Å². The Balaban J connectivity index is 2.02. The highest BCUT2D eigenvalue weighted by Crippen LogP contribution is 2.25. The van der Waals surface area contributed by atoms with Gasteiger partial charge in [-0.15, -0.1) is 0 Å². The summed E-state index contributed by atoms with van der Waals surface area (Å²) in [5, 5.41) is 3.06. The van der Waals surface area contributed by atoms with Crippen molar-refractivity contribution in [1.82, 2.24) is 0 Å². The number of benzene rings is 1. The Hall–Kier alpha value is -1.16. The molecule has 1 aliphatic rings. The smallest absolute Gasteiger partial charge is 0.146 e. The number of ether oxygens (including phenoxy) is 1. The summed E-state index contributed by atoms with van der Waals surface area (Å²) in [6, 6.07) is 3.63. The summed E-state index contributed by atoms with van der Waals surface area (Å²) >= 11 is 0. The summed E-state index contributed by atoms with van der Waals surface area (Å²) in [6.45, 7) is 0. The molecule has 0 aromatic heterocycles. The van der Waals surface area contributed by atoms with Crippen molar-refractivity contribution < 1.29 is 13.5 Å². The van der Waals surface area contributed by atoms with Gasteiger partial charge in [-0.2, -0.15) is 0 Å². The summed E-state index contributed by atoms with van der Waals surface area (Å²) in [7, 11) is 1.69. The molecule has 1 N–H and O–H groups in total. The van der Waals surface area contributed by atoms with Gasteiger partial charge in [0.2, 0.25) is 0 Å². The predicted molar refractivity (Wildman–Crippen MR) is 63.0 cm³/mol. The first kappa shape index (κ1) is 12.3. The highest BCUT2D eigenvalue weighted by molar-refractivity contribution is 5.45. The third kappa shape index (κ3) is 3.16. The molecule has 2 nitrogen and oxygen atoms in total.